The van der Waals surface area contributed by atoms with Crippen LogP contribution in [-0.4, -0.2) is 6.36 Å². The normalized spacial score (nSPS) is 11.5. The second kappa shape index (κ2) is 3.20. The Bertz CT molecular complexity index is 306. The van der Waals surface area contributed by atoms with Crippen molar-refractivity contribution in [3.63, 3.8) is 0 Å². The van der Waals surface area contributed by atoms with Crippen LogP contribution in [0, 0.1) is 11.6 Å². The SMILES string of the molecule is Fc1ccc(OC(F)(F)F)cc1F. The van der Waals surface area contributed by atoms with E-state index in [1.165, 1.54) is 0 Å². The molecule has 0 fully saturated rings. The molecule has 6 heteroatoms. The number of benzene rings is 1. The second-order valence-corrected chi connectivity index (χ2v) is 2.12. The molecule has 0 aliphatic heterocycles. The van der Waals surface area contributed by atoms with Crippen molar-refractivity contribution in [2.24, 2.45) is 0 Å². The summed E-state index contributed by atoms with van der Waals surface area (Å²) >= 11 is 0. The van der Waals surface area contributed by atoms with Crippen LogP contribution in [0.15, 0.2) is 18.2 Å². The van der Waals surface area contributed by atoms with Gasteiger partial charge in [-0.1, -0.05) is 0 Å². The van der Waals surface area contributed by atoms with E-state index in [1.54, 1.807) is 0 Å². The minimum absolute atomic E-state index is 0.322. The molecule has 0 saturated heterocycles. The molecule has 0 unspecified atom stereocenters. The Hall–Kier alpha value is -1.33. The van der Waals surface area contributed by atoms with Crippen molar-refractivity contribution in [1.29, 1.82) is 0 Å². The van der Waals surface area contributed by atoms with E-state index >= 15 is 0 Å². The molecule has 0 N–H and O–H groups in total. The summed E-state index contributed by atoms with van der Waals surface area (Å²) in [6.45, 7) is 0. The minimum Gasteiger partial charge on any atom is -0.406 e. The Kier molecular flexibility index (Phi) is 2.40. The molecular weight excluding hydrogens is 195 g/mol. The lowest BCUT2D eigenvalue weighted by Crippen LogP contribution is -2.17. The smallest absolute Gasteiger partial charge is 0.406 e. The van der Waals surface area contributed by atoms with Crippen LogP contribution >= 0.6 is 0 Å². The van der Waals surface area contributed by atoms with Crippen LogP contribution in [0.5, 0.6) is 5.75 Å². The van der Waals surface area contributed by atoms with Crippen molar-refractivity contribution in [3.05, 3.63) is 29.8 Å². The molecule has 1 aromatic carbocycles. The van der Waals surface area contributed by atoms with E-state index in [-0.39, 0.29) is 0 Å². The van der Waals surface area contributed by atoms with Crippen LogP contribution in [-0.2, 0) is 0 Å². The lowest BCUT2D eigenvalue weighted by molar-refractivity contribution is -0.274. The van der Waals surface area contributed by atoms with Crippen molar-refractivity contribution < 1.29 is 26.7 Å². The largest absolute Gasteiger partial charge is 0.573 e. The van der Waals surface area contributed by atoms with Gasteiger partial charge in [0.25, 0.3) is 0 Å². The van der Waals surface area contributed by atoms with Gasteiger partial charge in [-0.2, -0.15) is 0 Å². The summed E-state index contributed by atoms with van der Waals surface area (Å²) in [5.74, 6) is -3.40. The summed E-state index contributed by atoms with van der Waals surface area (Å²) in [5, 5.41) is 0. The van der Waals surface area contributed by atoms with E-state index in [1.807, 2.05) is 0 Å². The molecule has 0 radical (unpaired) electrons. The van der Waals surface area contributed by atoms with Gasteiger partial charge < -0.3 is 4.74 Å². The first-order chi connectivity index (χ1) is 5.88. The molecule has 13 heavy (non-hydrogen) atoms. The van der Waals surface area contributed by atoms with Gasteiger partial charge in [0.1, 0.15) is 5.75 Å². The molecular formula is C7H3F5O. The van der Waals surface area contributed by atoms with E-state index in [0.29, 0.717) is 18.2 Å². The molecule has 1 aromatic rings. The zero-order valence-corrected chi connectivity index (χ0v) is 6.03. The van der Waals surface area contributed by atoms with Crippen LogP contribution in [0.4, 0.5) is 22.0 Å². The van der Waals surface area contributed by atoms with Gasteiger partial charge in [-0.25, -0.2) is 8.78 Å². The van der Waals surface area contributed by atoms with E-state index in [9.17, 15) is 22.0 Å². The van der Waals surface area contributed by atoms with Gasteiger partial charge >= 0.3 is 6.36 Å². The third-order valence-electron chi connectivity index (χ3n) is 1.12. The van der Waals surface area contributed by atoms with Crippen LogP contribution in [0.1, 0.15) is 0 Å². The van der Waals surface area contributed by atoms with Crippen molar-refractivity contribution in [1.82, 2.24) is 0 Å². The first kappa shape index (κ1) is 9.76. The zero-order valence-electron chi connectivity index (χ0n) is 6.03. The molecule has 1 rings (SSSR count). The predicted octanol–water partition coefficient (Wildman–Crippen LogP) is 2.86. The summed E-state index contributed by atoms with van der Waals surface area (Å²) in [5.41, 5.74) is 0. The third kappa shape index (κ3) is 2.89. The number of ether oxygens (including phenoxy) is 1. The lowest BCUT2D eigenvalue weighted by atomic mass is 10.3. The van der Waals surface area contributed by atoms with Gasteiger partial charge in [-0.15, -0.1) is 13.2 Å². The fourth-order valence-electron chi connectivity index (χ4n) is 0.674. The van der Waals surface area contributed by atoms with E-state index in [0.717, 1.165) is 0 Å². The number of rotatable bonds is 1. The highest BCUT2D eigenvalue weighted by Gasteiger charge is 2.31. The maximum absolute atomic E-state index is 12.3. The fraction of sp³-hybridized carbons (Fsp3) is 0.143. The van der Waals surface area contributed by atoms with Crippen molar-refractivity contribution in [2.45, 2.75) is 6.36 Å². The third-order valence-corrected chi connectivity index (χ3v) is 1.12. The van der Waals surface area contributed by atoms with E-state index in [4.69, 9.17) is 0 Å². The Morgan fingerprint density at radius 1 is 1.00 bits per heavy atom. The summed E-state index contributed by atoms with van der Waals surface area (Å²) in [7, 11) is 0. The summed E-state index contributed by atoms with van der Waals surface area (Å²) in [4.78, 5) is 0. The molecule has 0 aromatic heterocycles. The summed E-state index contributed by atoms with van der Waals surface area (Å²) in [6, 6.07) is 1.56. The summed E-state index contributed by atoms with van der Waals surface area (Å²) in [6.07, 6.45) is -4.90. The zero-order chi connectivity index (χ0) is 10.1. The average molecular weight is 198 g/mol. The predicted molar refractivity (Wildman–Crippen MR) is 33.0 cm³/mol. The van der Waals surface area contributed by atoms with E-state index in [2.05, 4.69) is 4.74 Å². The highest BCUT2D eigenvalue weighted by Crippen LogP contribution is 2.23. The molecule has 72 valence electrons. The maximum Gasteiger partial charge on any atom is 0.573 e. The Labute approximate surface area is 69.7 Å². The topological polar surface area (TPSA) is 9.23 Å². The Morgan fingerprint density at radius 3 is 2.08 bits per heavy atom. The molecule has 0 aliphatic carbocycles. The first-order valence-corrected chi connectivity index (χ1v) is 3.09. The second-order valence-electron chi connectivity index (χ2n) is 2.12. The Balaban J connectivity index is 2.86. The quantitative estimate of drug-likeness (QED) is 0.630. The fourth-order valence-corrected chi connectivity index (χ4v) is 0.674. The number of alkyl halides is 3. The highest BCUT2D eigenvalue weighted by atomic mass is 19.4. The Morgan fingerprint density at radius 2 is 1.62 bits per heavy atom. The number of hydrogen-bond acceptors (Lipinski definition) is 1. The molecule has 0 amide bonds. The van der Waals surface area contributed by atoms with Gasteiger partial charge in [-0.05, 0) is 12.1 Å². The number of halogens is 5. The molecule has 0 heterocycles. The first-order valence-electron chi connectivity index (χ1n) is 3.09. The molecule has 0 aliphatic rings. The van der Waals surface area contributed by atoms with Crippen molar-refractivity contribution in [2.75, 3.05) is 0 Å². The number of hydrogen-bond donors (Lipinski definition) is 0. The molecule has 0 bridgehead atoms. The maximum atomic E-state index is 12.3. The van der Waals surface area contributed by atoms with Gasteiger partial charge in [0, 0.05) is 6.07 Å². The van der Waals surface area contributed by atoms with Gasteiger partial charge in [-0.3, -0.25) is 0 Å². The van der Waals surface area contributed by atoms with Gasteiger partial charge in [0.15, 0.2) is 11.6 Å². The molecule has 1 nitrogen and oxygen atoms in total. The van der Waals surface area contributed by atoms with Crippen LogP contribution in [0.3, 0.4) is 0 Å². The van der Waals surface area contributed by atoms with Crippen LogP contribution in [0.25, 0.3) is 0 Å². The van der Waals surface area contributed by atoms with E-state index < -0.39 is 23.7 Å². The van der Waals surface area contributed by atoms with Gasteiger partial charge in [0.2, 0.25) is 0 Å². The lowest BCUT2D eigenvalue weighted by Gasteiger charge is -2.08. The van der Waals surface area contributed by atoms with Crippen molar-refractivity contribution in [3.8, 4) is 5.75 Å². The average Bonchev–Trinajstić information content (AvgIpc) is 1.94. The minimum atomic E-state index is -4.90. The van der Waals surface area contributed by atoms with Crippen molar-refractivity contribution >= 4 is 0 Å². The van der Waals surface area contributed by atoms with Crippen LogP contribution in [0.2, 0.25) is 0 Å². The standard InChI is InChI=1S/C7H3F5O/c8-5-2-1-4(3-6(5)9)13-7(10,11)12/h1-3H. The monoisotopic (exact) mass is 198 g/mol. The molecule has 0 spiro atoms. The summed E-state index contributed by atoms with van der Waals surface area (Å²) < 4.78 is 62.5. The van der Waals surface area contributed by atoms with Crippen LogP contribution < -0.4 is 4.74 Å². The molecule has 0 saturated carbocycles. The highest BCUT2D eigenvalue weighted by molar-refractivity contribution is 5.23. The molecule has 0 atom stereocenters. The van der Waals surface area contributed by atoms with Gasteiger partial charge in [0.05, 0.1) is 0 Å².